The number of hydrogen-bond donors (Lipinski definition) is 3. The Balaban J connectivity index is 1.69. The van der Waals surface area contributed by atoms with E-state index in [0.717, 1.165) is 5.56 Å². The Bertz CT molecular complexity index is 553. The number of hydrogen-bond acceptors (Lipinski definition) is 6. The molecule has 6 nitrogen and oxygen atoms in total. The molecule has 1 aliphatic heterocycles. The molecule has 1 saturated heterocycles. The van der Waals surface area contributed by atoms with Gasteiger partial charge in [0.2, 0.25) is 5.89 Å². The lowest BCUT2D eigenvalue weighted by molar-refractivity contribution is 0.191. The molecule has 100 valence electrons. The highest BCUT2D eigenvalue weighted by atomic mass is 16.5. The first-order valence-electron chi connectivity index (χ1n) is 6.22. The number of aliphatic hydroxyl groups is 1. The summed E-state index contributed by atoms with van der Waals surface area (Å²) in [7, 11) is 0. The zero-order valence-electron chi connectivity index (χ0n) is 10.3. The van der Waals surface area contributed by atoms with Crippen molar-refractivity contribution in [3.05, 3.63) is 41.5 Å². The monoisotopic (exact) mass is 261 g/mol. The predicted octanol–water partition coefficient (Wildman–Crippen LogP) is 0.761. The van der Waals surface area contributed by atoms with E-state index >= 15 is 0 Å². The highest BCUT2D eigenvalue weighted by Crippen LogP contribution is 2.22. The molecule has 19 heavy (non-hydrogen) atoms. The van der Waals surface area contributed by atoms with Crippen LogP contribution in [-0.4, -0.2) is 33.0 Å². The van der Waals surface area contributed by atoms with Crippen LogP contribution in [-0.2, 0) is 6.42 Å². The molecule has 0 aliphatic carbocycles. The van der Waals surface area contributed by atoms with Gasteiger partial charge < -0.3 is 20.1 Å². The lowest BCUT2D eigenvalue weighted by atomic mass is 10.1. The molecule has 6 heteroatoms. The van der Waals surface area contributed by atoms with Crippen molar-refractivity contribution in [1.29, 1.82) is 0 Å². The maximum absolute atomic E-state index is 9.45. The van der Waals surface area contributed by atoms with Gasteiger partial charge in [-0.15, -0.1) is 0 Å². The molecule has 2 unspecified atom stereocenters. The van der Waals surface area contributed by atoms with Gasteiger partial charge in [0.05, 0.1) is 12.1 Å². The molecule has 2 heterocycles. The number of phenols is 1. The maximum Gasteiger partial charge on any atom is 0.243 e. The number of benzene rings is 1. The third-order valence-electron chi connectivity index (χ3n) is 3.19. The van der Waals surface area contributed by atoms with Crippen LogP contribution in [0.1, 0.15) is 29.7 Å². The summed E-state index contributed by atoms with van der Waals surface area (Å²) < 4.78 is 5.21. The minimum Gasteiger partial charge on any atom is -0.508 e. The summed E-state index contributed by atoms with van der Waals surface area (Å²) >= 11 is 0. The number of rotatable bonds is 3. The van der Waals surface area contributed by atoms with Gasteiger partial charge in [-0.1, -0.05) is 17.3 Å². The molecule has 3 rings (SSSR count). The molecule has 1 aromatic carbocycles. The molecule has 0 spiro atoms. The van der Waals surface area contributed by atoms with E-state index in [9.17, 15) is 10.2 Å². The first-order chi connectivity index (χ1) is 9.20. The lowest BCUT2D eigenvalue weighted by Gasteiger charge is -2.01. The zero-order chi connectivity index (χ0) is 13.2. The molecular formula is C13H15N3O3. The maximum atomic E-state index is 9.45. The van der Waals surface area contributed by atoms with Gasteiger partial charge in [0.1, 0.15) is 5.75 Å². The smallest absolute Gasteiger partial charge is 0.243 e. The third-order valence-corrected chi connectivity index (χ3v) is 3.19. The number of nitrogens with zero attached hydrogens (tertiary/aromatic N) is 2. The van der Waals surface area contributed by atoms with Gasteiger partial charge in [0.25, 0.3) is 0 Å². The Morgan fingerprint density at radius 1 is 1.32 bits per heavy atom. The molecule has 0 amide bonds. The van der Waals surface area contributed by atoms with Crippen LogP contribution in [0.2, 0.25) is 0 Å². The molecule has 0 bridgehead atoms. The minimum atomic E-state index is -0.350. The molecule has 1 aromatic heterocycles. The van der Waals surface area contributed by atoms with Crippen LogP contribution in [0.4, 0.5) is 0 Å². The second-order valence-electron chi connectivity index (χ2n) is 4.74. The second-order valence-corrected chi connectivity index (χ2v) is 4.74. The Hall–Kier alpha value is -1.92. The molecule has 2 aromatic rings. The molecule has 2 atom stereocenters. The van der Waals surface area contributed by atoms with Gasteiger partial charge in [0, 0.05) is 13.0 Å². The summed E-state index contributed by atoms with van der Waals surface area (Å²) in [5.74, 6) is 1.36. The largest absolute Gasteiger partial charge is 0.508 e. The topological polar surface area (TPSA) is 91.4 Å². The summed E-state index contributed by atoms with van der Waals surface area (Å²) in [5.41, 5.74) is 1.00. The number of aromatic nitrogens is 2. The molecule has 0 radical (unpaired) electrons. The number of β-amino-alcohol motifs (C(OH)–C–C–N with tert-alkyl or cyclic N) is 1. The van der Waals surface area contributed by atoms with Crippen LogP contribution in [0.5, 0.6) is 5.75 Å². The van der Waals surface area contributed by atoms with E-state index in [-0.39, 0.29) is 17.9 Å². The molecule has 0 saturated carbocycles. The number of aromatic hydroxyl groups is 1. The predicted molar refractivity (Wildman–Crippen MR) is 66.6 cm³/mol. The normalized spacial score (nSPS) is 22.8. The molecule has 1 fully saturated rings. The fourth-order valence-corrected chi connectivity index (χ4v) is 2.18. The van der Waals surface area contributed by atoms with Crippen molar-refractivity contribution in [2.75, 3.05) is 6.54 Å². The molecule has 1 aliphatic rings. The van der Waals surface area contributed by atoms with E-state index in [1.54, 1.807) is 12.1 Å². The van der Waals surface area contributed by atoms with Crippen molar-refractivity contribution >= 4 is 0 Å². The van der Waals surface area contributed by atoms with Crippen LogP contribution in [0.3, 0.4) is 0 Å². The highest BCUT2D eigenvalue weighted by Gasteiger charge is 2.27. The molecule has 3 N–H and O–H groups in total. The van der Waals surface area contributed by atoms with Crippen LogP contribution in [0.25, 0.3) is 0 Å². The average Bonchev–Trinajstić information content (AvgIpc) is 3.01. The Morgan fingerprint density at radius 2 is 2.11 bits per heavy atom. The Labute approximate surface area is 110 Å². The fraction of sp³-hybridized carbons (Fsp3) is 0.385. The highest BCUT2D eigenvalue weighted by molar-refractivity contribution is 5.27. The van der Waals surface area contributed by atoms with Gasteiger partial charge in [-0.05, 0) is 24.1 Å². The van der Waals surface area contributed by atoms with Crippen molar-refractivity contribution in [2.45, 2.75) is 25.0 Å². The average molecular weight is 261 g/mol. The van der Waals surface area contributed by atoms with Gasteiger partial charge in [-0.3, -0.25) is 0 Å². The number of aliphatic hydroxyl groups excluding tert-OH is 1. The standard InChI is InChI=1S/C13H15N3O3/c17-9-3-1-8(2-4-9)5-12-15-13(19-16-12)11-6-10(18)7-14-11/h1-4,10-11,14,17-18H,5-7H2. The third kappa shape index (κ3) is 2.74. The van der Waals surface area contributed by atoms with Gasteiger partial charge in [-0.25, -0.2) is 0 Å². The van der Waals surface area contributed by atoms with E-state index in [1.807, 2.05) is 12.1 Å². The summed E-state index contributed by atoms with van der Waals surface area (Å²) in [6, 6.07) is 6.85. The van der Waals surface area contributed by atoms with Crippen molar-refractivity contribution in [3.63, 3.8) is 0 Å². The lowest BCUT2D eigenvalue weighted by Crippen LogP contribution is -2.15. The number of phenolic OH excluding ortho intramolecular Hbond substituents is 1. The van der Waals surface area contributed by atoms with E-state index in [1.165, 1.54) is 0 Å². The minimum absolute atomic E-state index is 0.0592. The quantitative estimate of drug-likeness (QED) is 0.755. The van der Waals surface area contributed by atoms with Gasteiger partial charge in [0.15, 0.2) is 5.82 Å². The fourth-order valence-electron chi connectivity index (χ4n) is 2.18. The summed E-state index contributed by atoms with van der Waals surface area (Å²) in [6.07, 6.45) is 0.803. The summed E-state index contributed by atoms with van der Waals surface area (Å²) in [4.78, 5) is 4.33. The van der Waals surface area contributed by atoms with Crippen molar-refractivity contribution < 1.29 is 14.7 Å². The number of nitrogens with one attached hydrogen (secondary N) is 1. The van der Waals surface area contributed by atoms with Crippen molar-refractivity contribution in [1.82, 2.24) is 15.5 Å². The van der Waals surface area contributed by atoms with E-state index < -0.39 is 0 Å². The first kappa shape index (κ1) is 12.1. The molecular weight excluding hydrogens is 246 g/mol. The second kappa shape index (κ2) is 4.99. The van der Waals surface area contributed by atoms with Crippen LogP contribution < -0.4 is 5.32 Å². The summed E-state index contributed by atoms with van der Waals surface area (Å²) in [6.45, 7) is 0.556. The van der Waals surface area contributed by atoms with Crippen LogP contribution >= 0.6 is 0 Å². The van der Waals surface area contributed by atoms with Crippen molar-refractivity contribution in [2.24, 2.45) is 0 Å². The van der Waals surface area contributed by atoms with Crippen molar-refractivity contribution in [3.8, 4) is 5.75 Å². The van der Waals surface area contributed by atoms with E-state index in [0.29, 0.717) is 31.1 Å². The SMILES string of the molecule is Oc1ccc(Cc2noc(C3CC(O)CN3)n2)cc1. The van der Waals surface area contributed by atoms with E-state index in [2.05, 4.69) is 15.5 Å². The van der Waals surface area contributed by atoms with Crippen LogP contribution in [0.15, 0.2) is 28.8 Å². The van der Waals surface area contributed by atoms with Crippen LogP contribution in [0, 0.1) is 0 Å². The zero-order valence-corrected chi connectivity index (χ0v) is 10.3. The summed E-state index contributed by atoms with van der Waals surface area (Å²) in [5, 5.41) is 25.7. The van der Waals surface area contributed by atoms with E-state index in [4.69, 9.17) is 4.52 Å². The Morgan fingerprint density at radius 3 is 2.79 bits per heavy atom. The Kier molecular flexibility index (Phi) is 3.18. The first-order valence-corrected chi connectivity index (χ1v) is 6.22. The van der Waals surface area contributed by atoms with Gasteiger partial charge >= 0.3 is 0 Å². The van der Waals surface area contributed by atoms with Gasteiger partial charge in [-0.2, -0.15) is 4.98 Å².